The Labute approximate surface area is 173 Å². The van der Waals surface area contributed by atoms with Crippen LogP contribution in [0.5, 0.6) is 0 Å². The van der Waals surface area contributed by atoms with Crippen LogP contribution < -0.4 is 16.0 Å². The molecule has 12 heteroatoms. The van der Waals surface area contributed by atoms with E-state index in [4.69, 9.17) is 0 Å². The first kappa shape index (κ1) is 21.7. The molecule has 0 aliphatic rings. The van der Waals surface area contributed by atoms with E-state index in [1.807, 2.05) is 0 Å². The first-order valence-electron chi connectivity index (χ1n) is 8.92. The van der Waals surface area contributed by atoms with Gasteiger partial charge in [0.25, 0.3) is 5.91 Å². The van der Waals surface area contributed by atoms with Crippen molar-refractivity contribution in [1.29, 1.82) is 0 Å². The lowest BCUT2D eigenvalue weighted by Gasteiger charge is -2.11. The summed E-state index contributed by atoms with van der Waals surface area (Å²) in [6.45, 7) is 2.37. The number of halogens is 3. The molecule has 0 spiro atoms. The second-order valence-corrected chi connectivity index (χ2v) is 6.60. The van der Waals surface area contributed by atoms with E-state index in [0.29, 0.717) is 0 Å². The molecular formula is C19H17F3N6O3. The van der Waals surface area contributed by atoms with Gasteiger partial charge in [0.05, 0.1) is 12.1 Å². The second kappa shape index (κ2) is 8.42. The van der Waals surface area contributed by atoms with Gasteiger partial charge >= 0.3 is 6.18 Å². The quantitative estimate of drug-likeness (QED) is 0.571. The van der Waals surface area contributed by atoms with Gasteiger partial charge in [0.2, 0.25) is 11.8 Å². The summed E-state index contributed by atoms with van der Waals surface area (Å²) in [4.78, 5) is 35.3. The van der Waals surface area contributed by atoms with E-state index >= 15 is 0 Å². The van der Waals surface area contributed by atoms with Crippen molar-refractivity contribution in [2.24, 2.45) is 0 Å². The summed E-state index contributed by atoms with van der Waals surface area (Å²) in [5.74, 6) is -1.25. The number of alkyl halides is 3. The average Bonchev–Trinajstić information content (AvgIpc) is 3.06. The highest BCUT2D eigenvalue weighted by Gasteiger charge is 2.31. The number of nitrogens with one attached hydrogen (secondary N) is 3. The lowest BCUT2D eigenvalue weighted by Crippen LogP contribution is -2.24. The van der Waals surface area contributed by atoms with Crippen molar-refractivity contribution in [3.63, 3.8) is 0 Å². The fraction of sp³-hybridized carbons (Fsp3) is 0.211. The van der Waals surface area contributed by atoms with Crippen molar-refractivity contribution >= 4 is 34.7 Å². The summed E-state index contributed by atoms with van der Waals surface area (Å²) in [6.07, 6.45) is -3.69. The van der Waals surface area contributed by atoms with Gasteiger partial charge in [-0.1, -0.05) is 0 Å². The lowest BCUT2D eigenvalue weighted by atomic mass is 10.1. The van der Waals surface area contributed by atoms with Crippen LogP contribution in [-0.2, 0) is 22.3 Å². The van der Waals surface area contributed by atoms with Gasteiger partial charge in [0.15, 0.2) is 11.5 Å². The Morgan fingerprint density at radius 2 is 1.58 bits per heavy atom. The fourth-order valence-electron chi connectivity index (χ4n) is 2.80. The van der Waals surface area contributed by atoms with E-state index < -0.39 is 17.6 Å². The molecule has 0 aliphatic carbocycles. The van der Waals surface area contributed by atoms with Crippen LogP contribution in [0.15, 0.2) is 36.5 Å². The Balaban J connectivity index is 1.83. The topological polar surface area (TPSA) is 117 Å². The Kier molecular flexibility index (Phi) is 5.90. The molecule has 1 aromatic carbocycles. The van der Waals surface area contributed by atoms with E-state index in [9.17, 15) is 27.6 Å². The molecule has 0 bridgehead atoms. The van der Waals surface area contributed by atoms with Crippen LogP contribution in [0.25, 0.3) is 5.65 Å². The van der Waals surface area contributed by atoms with Gasteiger partial charge in [-0.15, -0.1) is 10.2 Å². The third-order valence-electron chi connectivity index (χ3n) is 4.04. The molecule has 2 heterocycles. The predicted molar refractivity (Wildman–Crippen MR) is 104 cm³/mol. The van der Waals surface area contributed by atoms with Crippen LogP contribution in [0.4, 0.5) is 24.5 Å². The molecule has 0 aliphatic heterocycles. The minimum absolute atomic E-state index is 0.0922. The summed E-state index contributed by atoms with van der Waals surface area (Å²) in [5, 5.41) is 15.2. The van der Waals surface area contributed by atoms with Gasteiger partial charge in [-0.2, -0.15) is 13.2 Å². The van der Waals surface area contributed by atoms with Gasteiger partial charge in [-0.25, -0.2) is 0 Å². The normalized spacial score (nSPS) is 11.3. The minimum atomic E-state index is -4.54. The number of amides is 3. The van der Waals surface area contributed by atoms with E-state index in [2.05, 4.69) is 26.1 Å². The number of hydrogen-bond donors (Lipinski definition) is 3. The molecule has 9 nitrogen and oxygen atoms in total. The number of carbonyl (C=O) groups is 3. The molecule has 3 rings (SSSR count). The number of anilines is 2. The summed E-state index contributed by atoms with van der Waals surface area (Å²) >= 11 is 0. The van der Waals surface area contributed by atoms with Gasteiger partial charge in [0, 0.05) is 37.0 Å². The zero-order chi connectivity index (χ0) is 22.8. The molecular weight excluding hydrogens is 417 g/mol. The number of aromatic nitrogens is 3. The molecule has 3 N–H and O–H groups in total. The van der Waals surface area contributed by atoms with Crippen molar-refractivity contribution in [2.45, 2.75) is 26.6 Å². The first-order valence-corrected chi connectivity index (χ1v) is 8.92. The van der Waals surface area contributed by atoms with Crippen LogP contribution >= 0.6 is 0 Å². The van der Waals surface area contributed by atoms with E-state index in [1.165, 1.54) is 38.1 Å². The van der Waals surface area contributed by atoms with Crippen LogP contribution in [0.2, 0.25) is 0 Å². The smallest absolute Gasteiger partial charge is 0.345 e. The molecule has 162 valence electrons. The molecule has 0 saturated heterocycles. The van der Waals surface area contributed by atoms with Crippen molar-refractivity contribution < 1.29 is 27.6 Å². The number of nitrogens with zero attached hydrogens (tertiary/aromatic N) is 3. The van der Waals surface area contributed by atoms with Crippen LogP contribution in [0.1, 0.15) is 35.6 Å². The predicted octanol–water partition coefficient (Wildman–Crippen LogP) is 2.59. The van der Waals surface area contributed by atoms with Crippen molar-refractivity contribution in [2.75, 3.05) is 10.6 Å². The van der Waals surface area contributed by atoms with E-state index in [0.717, 1.165) is 16.7 Å². The fourth-order valence-corrected chi connectivity index (χ4v) is 2.80. The molecule has 3 aromatic rings. The average molecular weight is 434 g/mol. The summed E-state index contributed by atoms with van der Waals surface area (Å²) in [5.41, 5.74) is -0.00808. The monoisotopic (exact) mass is 434 g/mol. The number of hydrogen-bond acceptors (Lipinski definition) is 5. The summed E-state index contributed by atoms with van der Waals surface area (Å²) in [7, 11) is 0. The maximum atomic E-state index is 13.0. The largest absolute Gasteiger partial charge is 0.417 e. The molecule has 2 aromatic heterocycles. The number of carbonyl (C=O) groups excluding carboxylic acids is 3. The molecule has 31 heavy (non-hydrogen) atoms. The maximum Gasteiger partial charge on any atom is 0.417 e. The lowest BCUT2D eigenvalue weighted by molar-refractivity contribution is -0.137. The van der Waals surface area contributed by atoms with E-state index in [1.54, 1.807) is 0 Å². The van der Waals surface area contributed by atoms with Crippen molar-refractivity contribution in [1.82, 2.24) is 19.9 Å². The molecule has 0 fully saturated rings. The third-order valence-corrected chi connectivity index (χ3v) is 4.04. The minimum Gasteiger partial charge on any atom is -0.345 e. The Morgan fingerprint density at radius 1 is 0.968 bits per heavy atom. The number of pyridine rings is 1. The van der Waals surface area contributed by atoms with Crippen LogP contribution in [0.3, 0.4) is 0 Å². The highest BCUT2D eigenvalue weighted by atomic mass is 19.4. The van der Waals surface area contributed by atoms with E-state index in [-0.39, 0.29) is 46.8 Å². The Hall–Kier alpha value is -3.96. The van der Waals surface area contributed by atoms with Gasteiger partial charge < -0.3 is 16.0 Å². The number of benzene rings is 1. The molecule has 3 amide bonds. The first-order chi connectivity index (χ1) is 14.5. The summed E-state index contributed by atoms with van der Waals surface area (Å²) in [6, 6.07) is 6.34. The SMILES string of the molecule is CC(=O)Nc1cc(NC(C)=O)cc(C(=O)NCc2nnc3ccc(C(F)(F)F)cn23)c1. The van der Waals surface area contributed by atoms with Gasteiger partial charge in [-0.3, -0.25) is 18.8 Å². The van der Waals surface area contributed by atoms with Gasteiger partial charge in [-0.05, 0) is 30.3 Å². The molecule has 0 unspecified atom stereocenters. The van der Waals surface area contributed by atoms with Crippen LogP contribution in [0, 0.1) is 0 Å². The van der Waals surface area contributed by atoms with Gasteiger partial charge in [0.1, 0.15) is 0 Å². The molecule has 0 saturated carbocycles. The highest BCUT2D eigenvalue weighted by molar-refractivity contribution is 5.99. The van der Waals surface area contributed by atoms with Crippen LogP contribution in [-0.4, -0.2) is 32.3 Å². The standard InChI is InChI=1S/C19H17F3N6O3/c1-10(29)24-14-5-12(6-15(7-14)25-11(2)30)18(31)23-8-17-27-26-16-4-3-13(9-28(16)17)19(20,21)22/h3-7,9H,8H2,1-2H3,(H,23,31)(H,24,29)(H,25,30). The third kappa shape index (κ3) is 5.35. The maximum absolute atomic E-state index is 13.0. The Bertz CT molecular complexity index is 1140. The Morgan fingerprint density at radius 3 is 2.13 bits per heavy atom. The summed E-state index contributed by atoms with van der Waals surface area (Å²) < 4.78 is 40.0. The number of fused-ring (bicyclic) bond motifs is 1. The molecule has 0 atom stereocenters. The molecule has 0 radical (unpaired) electrons. The van der Waals surface area contributed by atoms with Crippen molar-refractivity contribution in [3.05, 3.63) is 53.5 Å². The second-order valence-electron chi connectivity index (χ2n) is 6.60. The van der Waals surface area contributed by atoms with Crippen molar-refractivity contribution in [3.8, 4) is 0 Å². The zero-order valence-corrected chi connectivity index (χ0v) is 16.4. The zero-order valence-electron chi connectivity index (χ0n) is 16.4. The number of rotatable bonds is 5. The highest BCUT2D eigenvalue weighted by Crippen LogP contribution is 2.29.